The molecule has 1 aliphatic carbocycles. The topological polar surface area (TPSA) is 72.5 Å². The van der Waals surface area contributed by atoms with Gasteiger partial charge in [0.05, 0.1) is 12.0 Å². The van der Waals surface area contributed by atoms with Crippen LogP contribution in [0.1, 0.15) is 24.8 Å². The Morgan fingerprint density at radius 2 is 2.15 bits per heavy atom. The molecule has 0 atom stereocenters. The third kappa shape index (κ3) is 4.11. The first-order chi connectivity index (χ1) is 9.40. The first kappa shape index (κ1) is 15.1. The number of amides is 1. The average Bonchev–Trinajstić information content (AvgIpc) is 3.18. The molecule has 110 valence electrons. The molecule has 0 aliphatic heterocycles. The van der Waals surface area contributed by atoms with Gasteiger partial charge in [-0.05, 0) is 37.0 Å². The molecule has 0 bridgehead atoms. The van der Waals surface area contributed by atoms with Gasteiger partial charge in [0.2, 0.25) is 5.91 Å². The van der Waals surface area contributed by atoms with Crippen molar-refractivity contribution in [1.82, 2.24) is 5.32 Å². The second-order valence-corrected chi connectivity index (χ2v) is 7.40. The van der Waals surface area contributed by atoms with Crippen LogP contribution in [0.25, 0.3) is 0 Å². The number of halogens is 1. The summed E-state index contributed by atoms with van der Waals surface area (Å²) < 4.78 is 27.8. The van der Waals surface area contributed by atoms with E-state index in [2.05, 4.69) is 5.32 Å². The van der Waals surface area contributed by atoms with Gasteiger partial charge < -0.3 is 10.1 Å². The summed E-state index contributed by atoms with van der Waals surface area (Å²) in [5.41, 5.74) is 0.582. The van der Waals surface area contributed by atoms with Gasteiger partial charge in [-0.3, -0.25) is 4.79 Å². The summed E-state index contributed by atoms with van der Waals surface area (Å²) in [6.07, 6.45) is 2.74. The molecule has 1 N–H and O–H groups in total. The van der Waals surface area contributed by atoms with Crippen molar-refractivity contribution in [3.63, 3.8) is 0 Å². The molecule has 1 aliphatic rings. The zero-order chi connectivity index (χ0) is 14.8. The van der Waals surface area contributed by atoms with Crippen molar-refractivity contribution in [1.29, 1.82) is 0 Å². The van der Waals surface area contributed by atoms with E-state index in [4.69, 9.17) is 15.4 Å². The van der Waals surface area contributed by atoms with Crippen molar-refractivity contribution in [2.45, 2.75) is 30.7 Å². The lowest BCUT2D eigenvalue weighted by Gasteiger charge is -2.11. The lowest BCUT2D eigenvalue weighted by molar-refractivity contribution is -0.121. The molecule has 0 radical (unpaired) electrons. The van der Waals surface area contributed by atoms with Gasteiger partial charge in [-0.1, -0.05) is 0 Å². The molecule has 0 spiro atoms. The van der Waals surface area contributed by atoms with E-state index in [1.807, 2.05) is 0 Å². The maximum Gasteiger partial charge on any atom is 0.261 e. The number of hydrogen-bond donors (Lipinski definition) is 1. The highest BCUT2D eigenvalue weighted by molar-refractivity contribution is 8.13. The van der Waals surface area contributed by atoms with Crippen LogP contribution in [0.3, 0.4) is 0 Å². The minimum Gasteiger partial charge on any atom is -0.496 e. The van der Waals surface area contributed by atoms with E-state index in [1.54, 1.807) is 0 Å². The van der Waals surface area contributed by atoms with Crippen molar-refractivity contribution in [2.24, 2.45) is 5.92 Å². The molecule has 2 rings (SSSR count). The monoisotopic (exact) mass is 317 g/mol. The lowest BCUT2D eigenvalue weighted by atomic mass is 10.2. The summed E-state index contributed by atoms with van der Waals surface area (Å²) in [6, 6.07) is 4.31. The van der Waals surface area contributed by atoms with Gasteiger partial charge >= 0.3 is 0 Å². The summed E-state index contributed by atoms with van der Waals surface area (Å²) in [5, 5.41) is 2.77. The van der Waals surface area contributed by atoms with Gasteiger partial charge in [-0.15, -0.1) is 0 Å². The highest BCUT2D eigenvalue weighted by Gasteiger charge is 2.24. The van der Waals surface area contributed by atoms with Crippen LogP contribution in [0.2, 0.25) is 0 Å². The molecule has 7 heteroatoms. The molecule has 1 saturated carbocycles. The zero-order valence-electron chi connectivity index (χ0n) is 11.1. The van der Waals surface area contributed by atoms with Gasteiger partial charge in [0.15, 0.2) is 0 Å². The van der Waals surface area contributed by atoms with E-state index >= 15 is 0 Å². The maximum absolute atomic E-state index is 11.7. The standard InChI is InChI=1S/C13H16ClNO4S/c1-19-12-5-4-11(20(14,17)18)7-10(12)8-15-13(16)6-9-2-3-9/h4-5,7,9H,2-3,6,8H2,1H3,(H,15,16). The van der Waals surface area contributed by atoms with Crippen LogP contribution < -0.4 is 10.1 Å². The quantitative estimate of drug-likeness (QED) is 0.815. The lowest BCUT2D eigenvalue weighted by Crippen LogP contribution is -2.23. The van der Waals surface area contributed by atoms with E-state index in [0.29, 0.717) is 23.7 Å². The van der Waals surface area contributed by atoms with Crippen LogP contribution in [0, 0.1) is 5.92 Å². The van der Waals surface area contributed by atoms with Crippen LogP contribution in [0.4, 0.5) is 0 Å². The number of carbonyl (C=O) groups excluding carboxylic acids is 1. The number of carbonyl (C=O) groups is 1. The molecular weight excluding hydrogens is 302 g/mol. The summed E-state index contributed by atoms with van der Waals surface area (Å²) in [7, 11) is 3.00. The normalized spacial score (nSPS) is 14.9. The molecule has 5 nitrogen and oxygen atoms in total. The molecule has 20 heavy (non-hydrogen) atoms. The van der Waals surface area contributed by atoms with E-state index in [0.717, 1.165) is 12.8 Å². The number of benzene rings is 1. The molecule has 0 heterocycles. The fourth-order valence-electron chi connectivity index (χ4n) is 1.89. The van der Waals surface area contributed by atoms with Crippen molar-refractivity contribution in [3.05, 3.63) is 23.8 Å². The first-order valence-corrected chi connectivity index (χ1v) is 8.59. The Balaban J connectivity index is 2.09. The van der Waals surface area contributed by atoms with Crippen LogP contribution in [0.15, 0.2) is 23.1 Å². The molecule has 1 aromatic rings. The molecule has 1 fully saturated rings. The molecule has 0 saturated heterocycles. The van der Waals surface area contributed by atoms with Gasteiger partial charge in [0.1, 0.15) is 5.75 Å². The van der Waals surface area contributed by atoms with Crippen LogP contribution >= 0.6 is 10.7 Å². The minimum atomic E-state index is -3.79. The number of nitrogens with one attached hydrogen (secondary N) is 1. The van der Waals surface area contributed by atoms with Gasteiger partial charge in [0.25, 0.3) is 9.05 Å². The van der Waals surface area contributed by atoms with Gasteiger partial charge in [-0.2, -0.15) is 0 Å². The Labute approximate surface area is 122 Å². The van der Waals surface area contributed by atoms with E-state index in [1.165, 1.54) is 25.3 Å². The van der Waals surface area contributed by atoms with Crippen molar-refractivity contribution in [3.8, 4) is 5.75 Å². The Kier molecular flexibility index (Phi) is 4.55. The Bertz CT molecular complexity index is 611. The van der Waals surface area contributed by atoms with Crippen LogP contribution in [-0.2, 0) is 20.4 Å². The van der Waals surface area contributed by atoms with Crippen molar-refractivity contribution in [2.75, 3.05) is 7.11 Å². The van der Waals surface area contributed by atoms with Crippen molar-refractivity contribution >= 4 is 25.6 Å². The predicted octanol–water partition coefficient (Wildman–Crippen LogP) is 2.04. The number of hydrogen-bond acceptors (Lipinski definition) is 4. The summed E-state index contributed by atoms with van der Waals surface area (Å²) in [5.74, 6) is 0.987. The fourth-order valence-corrected chi connectivity index (χ4v) is 2.70. The molecule has 0 unspecified atom stereocenters. The zero-order valence-corrected chi connectivity index (χ0v) is 12.6. The van der Waals surface area contributed by atoms with Crippen molar-refractivity contribution < 1.29 is 17.9 Å². The smallest absolute Gasteiger partial charge is 0.261 e. The minimum absolute atomic E-state index is 0.00796. The largest absolute Gasteiger partial charge is 0.496 e. The maximum atomic E-state index is 11.7. The van der Waals surface area contributed by atoms with E-state index in [9.17, 15) is 13.2 Å². The van der Waals surface area contributed by atoms with Gasteiger partial charge in [-0.25, -0.2) is 8.42 Å². The van der Waals surface area contributed by atoms with Crippen LogP contribution in [0.5, 0.6) is 5.75 Å². The second-order valence-electron chi connectivity index (χ2n) is 4.84. The van der Waals surface area contributed by atoms with Gasteiger partial charge in [0, 0.05) is 29.2 Å². The molecule has 1 amide bonds. The first-order valence-electron chi connectivity index (χ1n) is 6.28. The molecule has 1 aromatic carbocycles. The second kappa shape index (κ2) is 6.01. The Morgan fingerprint density at radius 3 is 2.70 bits per heavy atom. The van der Waals surface area contributed by atoms with E-state index < -0.39 is 9.05 Å². The van der Waals surface area contributed by atoms with Crippen LogP contribution in [-0.4, -0.2) is 21.4 Å². The van der Waals surface area contributed by atoms with E-state index in [-0.39, 0.29) is 17.3 Å². The third-order valence-corrected chi connectivity index (χ3v) is 4.53. The molecular formula is C13H16ClNO4S. The summed E-state index contributed by atoms with van der Waals surface area (Å²) >= 11 is 0. The predicted molar refractivity (Wildman–Crippen MR) is 75.2 cm³/mol. The number of methoxy groups -OCH3 is 1. The highest BCUT2D eigenvalue weighted by atomic mass is 35.7. The number of ether oxygens (including phenoxy) is 1. The Hall–Kier alpha value is -1.27. The Morgan fingerprint density at radius 1 is 1.45 bits per heavy atom. The number of rotatable bonds is 6. The summed E-state index contributed by atoms with van der Waals surface area (Å²) in [6.45, 7) is 0.217. The fraction of sp³-hybridized carbons (Fsp3) is 0.462. The SMILES string of the molecule is COc1ccc(S(=O)(=O)Cl)cc1CNC(=O)CC1CC1. The summed E-state index contributed by atoms with van der Waals surface area (Å²) in [4.78, 5) is 11.6. The highest BCUT2D eigenvalue weighted by Crippen LogP contribution is 2.32. The molecule has 0 aromatic heterocycles. The average molecular weight is 318 g/mol. The third-order valence-electron chi connectivity index (χ3n) is 3.18.